The molecule has 1 aliphatic rings. The number of anilines is 4. The second kappa shape index (κ2) is 10.7. The van der Waals surface area contributed by atoms with Gasteiger partial charge in [0.25, 0.3) is 0 Å². The van der Waals surface area contributed by atoms with E-state index >= 15 is 0 Å². The number of benzene rings is 2. The Balaban J connectivity index is 1.28. The number of aliphatic hydroxyl groups is 1. The van der Waals surface area contributed by atoms with Crippen LogP contribution in [0.15, 0.2) is 85.7 Å². The first-order valence-electron chi connectivity index (χ1n) is 12.9. The van der Waals surface area contributed by atoms with Gasteiger partial charge < -0.3 is 25.0 Å². The molecule has 0 unspecified atom stereocenters. The number of hydrogen-bond donors (Lipinski definition) is 3. The third kappa shape index (κ3) is 6.04. The second-order valence-electron chi connectivity index (χ2n) is 10.3. The number of carbonyl (C=O) groups excluding carboxylic acids is 1. The van der Waals surface area contributed by atoms with Gasteiger partial charge in [0.1, 0.15) is 5.82 Å². The van der Waals surface area contributed by atoms with Gasteiger partial charge in [-0.2, -0.15) is 0 Å². The molecule has 38 heavy (non-hydrogen) atoms. The summed E-state index contributed by atoms with van der Waals surface area (Å²) < 4.78 is 2.09. The fraction of sp³-hybridized carbons (Fsp3) is 0.267. The van der Waals surface area contributed by atoms with Crippen molar-refractivity contribution in [3.05, 3.63) is 85.7 Å². The SMILES string of the molecule is C=CC(=O)Nc1cccc(-c2ccc3cnc(Nc4ccc(N5CCN(CC(C)(C)O)CC5)cc4)cn23)c1. The van der Waals surface area contributed by atoms with Crippen LogP contribution in [-0.4, -0.2) is 63.6 Å². The maximum atomic E-state index is 11.7. The van der Waals surface area contributed by atoms with Gasteiger partial charge in [-0.1, -0.05) is 18.7 Å². The molecule has 1 aliphatic heterocycles. The van der Waals surface area contributed by atoms with E-state index < -0.39 is 5.60 Å². The summed E-state index contributed by atoms with van der Waals surface area (Å²) in [7, 11) is 0. The average Bonchev–Trinajstić information content (AvgIpc) is 3.32. The van der Waals surface area contributed by atoms with Crippen LogP contribution >= 0.6 is 0 Å². The van der Waals surface area contributed by atoms with Gasteiger partial charge in [0, 0.05) is 55.3 Å². The predicted molar refractivity (Wildman–Crippen MR) is 154 cm³/mol. The highest BCUT2D eigenvalue weighted by molar-refractivity contribution is 5.99. The number of β-amino-alcohol motifs (C(OH)–C–C–N with tert-alkyl or cyclic N) is 1. The van der Waals surface area contributed by atoms with Crippen LogP contribution in [0.25, 0.3) is 16.8 Å². The van der Waals surface area contributed by atoms with E-state index in [1.165, 1.54) is 11.8 Å². The van der Waals surface area contributed by atoms with Crippen LogP contribution in [0.2, 0.25) is 0 Å². The summed E-state index contributed by atoms with van der Waals surface area (Å²) >= 11 is 0. The fourth-order valence-electron chi connectivity index (χ4n) is 4.87. The van der Waals surface area contributed by atoms with Crippen LogP contribution in [0.1, 0.15) is 13.8 Å². The van der Waals surface area contributed by atoms with Crippen molar-refractivity contribution < 1.29 is 9.90 Å². The van der Waals surface area contributed by atoms with Gasteiger partial charge in [-0.15, -0.1) is 0 Å². The van der Waals surface area contributed by atoms with Gasteiger partial charge in [0.2, 0.25) is 5.91 Å². The Hall–Kier alpha value is -4.14. The molecular formula is C30H34N6O2. The van der Waals surface area contributed by atoms with Gasteiger partial charge >= 0.3 is 0 Å². The van der Waals surface area contributed by atoms with E-state index in [-0.39, 0.29) is 5.91 Å². The molecule has 0 bridgehead atoms. The first kappa shape index (κ1) is 25.5. The number of nitrogens with zero attached hydrogens (tertiary/aromatic N) is 4. The van der Waals surface area contributed by atoms with Crippen LogP contribution < -0.4 is 15.5 Å². The number of aromatic nitrogens is 2. The second-order valence-corrected chi connectivity index (χ2v) is 10.3. The molecule has 3 heterocycles. The topological polar surface area (TPSA) is 85.1 Å². The van der Waals surface area contributed by atoms with E-state index in [4.69, 9.17) is 0 Å². The Labute approximate surface area is 223 Å². The fourth-order valence-corrected chi connectivity index (χ4v) is 4.87. The molecule has 4 aromatic rings. The Morgan fingerprint density at radius 3 is 2.53 bits per heavy atom. The summed E-state index contributed by atoms with van der Waals surface area (Å²) in [6.45, 7) is 11.7. The maximum Gasteiger partial charge on any atom is 0.247 e. The molecule has 1 amide bonds. The Bertz CT molecular complexity index is 1430. The molecule has 1 saturated heterocycles. The summed E-state index contributed by atoms with van der Waals surface area (Å²) in [4.78, 5) is 21.0. The Kier molecular flexibility index (Phi) is 7.18. The minimum atomic E-state index is -0.666. The summed E-state index contributed by atoms with van der Waals surface area (Å²) in [5.41, 5.74) is 5.16. The van der Waals surface area contributed by atoms with Crippen LogP contribution in [0.4, 0.5) is 22.9 Å². The molecule has 196 valence electrons. The number of amides is 1. The quantitative estimate of drug-likeness (QED) is 0.296. The van der Waals surface area contributed by atoms with E-state index in [1.807, 2.05) is 62.6 Å². The number of hydrogen-bond acceptors (Lipinski definition) is 6. The number of nitrogens with one attached hydrogen (secondary N) is 2. The van der Waals surface area contributed by atoms with Crippen molar-refractivity contribution in [2.75, 3.05) is 48.3 Å². The van der Waals surface area contributed by atoms with Crippen molar-refractivity contribution >= 4 is 34.3 Å². The van der Waals surface area contributed by atoms with E-state index in [1.54, 1.807) is 0 Å². The van der Waals surface area contributed by atoms with E-state index in [9.17, 15) is 9.90 Å². The van der Waals surface area contributed by atoms with Crippen molar-refractivity contribution in [3.8, 4) is 11.3 Å². The molecule has 3 N–H and O–H groups in total. The highest BCUT2D eigenvalue weighted by Crippen LogP contribution is 2.27. The Morgan fingerprint density at radius 2 is 1.82 bits per heavy atom. The first-order valence-corrected chi connectivity index (χ1v) is 12.9. The lowest BCUT2D eigenvalue weighted by Gasteiger charge is -2.38. The summed E-state index contributed by atoms with van der Waals surface area (Å²) in [5, 5.41) is 16.3. The van der Waals surface area contributed by atoms with E-state index in [0.717, 1.165) is 54.5 Å². The molecule has 8 nitrogen and oxygen atoms in total. The lowest BCUT2D eigenvalue weighted by atomic mass is 10.1. The zero-order chi connectivity index (χ0) is 26.7. The van der Waals surface area contributed by atoms with E-state index in [0.29, 0.717) is 12.2 Å². The van der Waals surface area contributed by atoms with Crippen molar-refractivity contribution in [1.29, 1.82) is 0 Å². The highest BCUT2D eigenvalue weighted by atomic mass is 16.3. The lowest BCUT2D eigenvalue weighted by molar-refractivity contribution is -0.111. The van der Waals surface area contributed by atoms with Crippen LogP contribution in [0.5, 0.6) is 0 Å². The monoisotopic (exact) mass is 510 g/mol. The summed E-state index contributed by atoms with van der Waals surface area (Å²) in [6, 6.07) is 20.2. The zero-order valence-electron chi connectivity index (χ0n) is 21.9. The molecule has 0 spiro atoms. The molecular weight excluding hydrogens is 476 g/mol. The highest BCUT2D eigenvalue weighted by Gasteiger charge is 2.22. The van der Waals surface area contributed by atoms with Gasteiger partial charge in [0.05, 0.1) is 29.2 Å². The molecule has 2 aromatic carbocycles. The minimum Gasteiger partial charge on any atom is -0.389 e. The minimum absolute atomic E-state index is 0.239. The lowest BCUT2D eigenvalue weighted by Crippen LogP contribution is -2.50. The molecule has 0 aliphatic carbocycles. The third-order valence-electron chi connectivity index (χ3n) is 6.64. The van der Waals surface area contributed by atoms with Crippen molar-refractivity contribution in [2.24, 2.45) is 0 Å². The Morgan fingerprint density at radius 1 is 1.05 bits per heavy atom. The molecule has 0 atom stereocenters. The van der Waals surface area contributed by atoms with Gasteiger partial charge in [0.15, 0.2) is 0 Å². The molecule has 2 aromatic heterocycles. The zero-order valence-corrected chi connectivity index (χ0v) is 21.9. The molecule has 0 saturated carbocycles. The molecule has 5 rings (SSSR count). The first-order chi connectivity index (χ1) is 18.3. The largest absolute Gasteiger partial charge is 0.389 e. The standard InChI is InChI=1S/C30H34N6O2/c1-4-29(37)33-24-7-5-6-22(18-24)27-13-12-26-19-31-28(20-36(26)27)32-23-8-10-25(11-9-23)35-16-14-34(15-17-35)21-30(2,3)38/h4-13,18-20,32,38H,1,14-17,21H2,2-3H3,(H,33,37). The molecule has 8 heteroatoms. The van der Waals surface area contributed by atoms with Gasteiger partial charge in [-0.3, -0.25) is 9.69 Å². The van der Waals surface area contributed by atoms with Crippen LogP contribution in [-0.2, 0) is 4.79 Å². The van der Waals surface area contributed by atoms with E-state index in [2.05, 4.69) is 60.7 Å². The van der Waals surface area contributed by atoms with Crippen LogP contribution in [0, 0.1) is 0 Å². The number of carbonyl (C=O) groups is 1. The normalized spacial score (nSPS) is 14.4. The van der Waals surface area contributed by atoms with Gasteiger partial charge in [-0.05, 0) is 68.5 Å². The number of piperazine rings is 1. The van der Waals surface area contributed by atoms with Crippen molar-refractivity contribution in [2.45, 2.75) is 19.4 Å². The predicted octanol–water partition coefficient (Wildman–Crippen LogP) is 4.76. The van der Waals surface area contributed by atoms with Gasteiger partial charge in [-0.25, -0.2) is 4.98 Å². The maximum absolute atomic E-state index is 11.7. The smallest absolute Gasteiger partial charge is 0.247 e. The molecule has 1 fully saturated rings. The summed E-state index contributed by atoms with van der Waals surface area (Å²) in [5.74, 6) is 0.496. The van der Waals surface area contributed by atoms with Crippen LogP contribution in [0.3, 0.4) is 0 Å². The number of fused-ring (bicyclic) bond motifs is 1. The third-order valence-corrected chi connectivity index (χ3v) is 6.64. The summed E-state index contributed by atoms with van der Waals surface area (Å²) in [6.07, 6.45) is 5.08. The number of rotatable bonds is 8. The van der Waals surface area contributed by atoms with Crippen molar-refractivity contribution in [1.82, 2.24) is 14.3 Å². The molecule has 0 radical (unpaired) electrons. The van der Waals surface area contributed by atoms with Crippen molar-refractivity contribution in [3.63, 3.8) is 0 Å². The average molecular weight is 511 g/mol.